The standard InChI is InChI=1S/C15H22N2O/c1-9-7-8-13(11(9)3)17-15(18)12-6-4-5-10(2)14(12)16/h4-6,9,11,13H,7-8,16H2,1-3H3,(H,17,18). The molecule has 3 atom stereocenters. The van der Waals surface area contributed by atoms with E-state index in [1.807, 2.05) is 19.1 Å². The van der Waals surface area contributed by atoms with Gasteiger partial charge in [-0.05, 0) is 43.2 Å². The van der Waals surface area contributed by atoms with Crippen molar-refractivity contribution in [2.75, 3.05) is 5.73 Å². The molecule has 0 aliphatic heterocycles. The van der Waals surface area contributed by atoms with Gasteiger partial charge in [0.2, 0.25) is 0 Å². The molecule has 0 radical (unpaired) electrons. The van der Waals surface area contributed by atoms with Gasteiger partial charge in [0, 0.05) is 11.7 Å². The molecular formula is C15H22N2O. The van der Waals surface area contributed by atoms with Gasteiger partial charge in [0.15, 0.2) is 0 Å². The topological polar surface area (TPSA) is 55.1 Å². The number of aryl methyl sites for hydroxylation is 1. The van der Waals surface area contributed by atoms with Gasteiger partial charge in [-0.1, -0.05) is 26.0 Å². The van der Waals surface area contributed by atoms with Crippen LogP contribution in [0.15, 0.2) is 18.2 Å². The highest BCUT2D eigenvalue weighted by Gasteiger charge is 2.31. The van der Waals surface area contributed by atoms with Gasteiger partial charge in [-0.3, -0.25) is 4.79 Å². The summed E-state index contributed by atoms with van der Waals surface area (Å²) in [5, 5.41) is 3.12. The molecule has 1 aromatic rings. The number of nitrogen functional groups attached to an aromatic ring is 1. The van der Waals surface area contributed by atoms with Crippen molar-refractivity contribution in [3.63, 3.8) is 0 Å². The maximum absolute atomic E-state index is 12.2. The van der Waals surface area contributed by atoms with Crippen molar-refractivity contribution in [1.82, 2.24) is 5.32 Å². The lowest BCUT2D eigenvalue weighted by molar-refractivity contribution is 0.0928. The SMILES string of the molecule is Cc1cccc(C(=O)NC2CCC(C)C2C)c1N. The predicted molar refractivity (Wildman–Crippen MR) is 74.4 cm³/mol. The molecule has 2 rings (SSSR count). The molecule has 1 fully saturated rings. The molecule has 0 spiro atoms. The second kappa shape index (κ2) is 5.01. The molecule has 1 aromatic carbocycles. The second-order valence-corrected chi connectivity index (χ2v) is 5.53. The summed E-state index contributed by atoms with van der Waals surface area (Å²) < 4.78 is 0. The summed E-state index contributed by atoms with van der Waals surface area (Å²) in [6, 6.07) is 5.88. The minimum Gasteiger partial charge on any atom is -0.398 e. The Morgan fingerprint density at radius 3 is 2.67 bits per heavy atom. The minimum atomic E-state index is -0.0397. The first-order chi connectivity index (χ1) is 8.50. The fourth-order valence-electron chi connectivity index (χ4n) is 2.69. The molecule has 0 heterocycles. The van der Waals surface area contributed by atoms with E-state index in [0.717, 1.165) is 12.0 Å². The summed E-state index contributed by atoms with van der Waals surface area (Å²) in [7, 11) is 0. The minimum absolute atomic E-state index is 0.0397. The van der Waals surface area contributed by atoms with Crippen molar-refractivity contribution in [1.29, 1.82) is 0 Å². The molecule has 3 unspecified atom stereocenters. The van der Waals surface area contributed by atoms with E-state index < -0.39 is 0 Å². The highest BCUT2D eigenvalue weighted by atomic mass is 16.1. The fraction of sp³-hybridized carbons (Fsp3) is 0.533. The van der Waals surface area contributed by atoms with E-state index in [4.69, 9.17) is 5.73 Å². The Morgan fingerprint density at radius 2 is 2.06 bits per heavy atom. The lowest BCUT2D eigenvalue weighted by Crippen LogP contribution is -2.37. The first-order valence-electron chi connectivity index (χ1n) is 6.66. The number of amides is 1. The third-order valence-electron chi connectivity index (χ3n) is 4.35. The van der Waals surface area contributed by atoms with Crippen LogP contribution < -0.4 is 11.1 Å². The van der Waals surface area contributed by atoms with E-state index >= 15 is 0 Å². The van der Waals surface area contributed by atoms with E-state index in [0.29, 0.717) is 23.1 Å². The first kappa shape index (κ1) is 12.9. The largest absolute Gasteiger partial charge is 0.398 e. The van der Waals surface area contributed by atoms with Crippen LogP contribution in [0.5, 0.6) is 0 Å². The molecule has 0 bridgehead atoms. The van der Waals surface area contributed by atoms with E-state index in [1.165, 1.54) is 6.42 Å². The van der Waals surface area contributed by atoms with Gasteiger partial charge in [-0.2, -0.15) is 0 Å². The number of benzene rings is 1. The van der Waals surface area contributed by atoms with Crippen LogP contribution in [0, 0.1) is 18.8 Å². The molecule has 18 heavy (non-hydrogen) atoms. The number of nitrogens with two attached hydrogens (primary N) is 1. The monoisotopic (exact) mass is 246 g/mol. The number of rotatable bonds is 2. The number of carbonyl (C=O) groups is 1. The quantitative estimate of drug-likeness (QED) is 0.788. The van der Waals surface area contributed by atoms with Crippen molar-refractivity contribution in [2.45, 2.75) is 39.7 Å². The first-order valence-corrected chi connectivity index (χ1v) is 6.66. The summed E-state index contributed by atoms with van der Waals surface area (Å²) in [5.41, 5.74) is 8.10. The lowest BCUT2D eigenvalue weighted by Gasteiger charge is -2.20. The van der Waals surface area contributed by atoms with Crippen molar-refractivity contribution in [2.24, 2.45) is 11.8 Å². The molecule has 1 aliphatic rings. The number of para-hydroxylation sites is 1. The van der Waals surface area contributed by atoms with Crippen LogP contribution in [0.25, 0.3) is 0 Å². The van der Waals surface area contributed by atoms with E-state index in [1.54, 1.807) is 6.07 Å². The summed E-state index contributed by atoms with van der Waals surface area (Å²) >= 11 is 0. The van der Waals surface area contributed by atoms with E-state index in [9.17, 15) is 4.79 Å². The van der Waals surface area contributed by atoms with Gasteiger partial charge < -0.3 is 11.1 Å². The maximum Gasteiger partial charge on any atom is 0.253 e. The van der Waals surface area contributed by atoms with Crippen LogP contribution in [0.3, 0.4) is 0 Å². The van der Waals surface area contributed by atoms with Gasteiger partial charge in [-0.15, -0.1) is 0 Å². The van der Waals surface area contributed by atoms with Crippen LogP contribution in [-0.4, -0.2) is 11.9 Å². The van der Waals surface area contributed by atoms with Crippen molar-refractivity contribution >= 4 is 11.6 Å². The average Bonchev–Trinajstić information content (AvgIpc) is 2.64. The zero-order valence-corrected chi connectivity index (χ0v) is 11.4. The summed E-state index contributed by atoms with van der Waals surface area (Å²) in [6.45, 7) is 6.38. The highest BCUT2D eigenvalue weighted by molar-refractivity contribution is 5.99. The fourth-order valence-corrected chi connectivity index (χ4v) is 2.69. The predicted octanol–water partition coefficient (Wildman–Crippen LogP) is 2.74. The Labute approximate surface area is 109 Å². The van der Waals surface area contributed by atoms with Gasteiger partial charge >= 0.3 is 0 Å². The number of hydrogen-bond acceptors (Lipinski definition) is 2. The molecule has 98 valence electrons. The Bertz CT molecular complexity index is 456. The van der Waals surface area contributed by atoms with E-state index in [-0.39, 0.29) is 11.9 Å². The number of anilines is 1. The Hall–Kier alpha value is -1.51. The third kappa shape index (κ3) is 2.35. The molecule has 1 saturated carbocycles. The van der Waals surface area contributed by atoms with Crippen molar-refractivity contribution < 1.29 is 4.79 Å². The molecule has 3 N–H and O–H groups in total. The van der Waals surface area contributed by atoms with Crippen LogP contribution >= 0.6 is 0 Å². The number of nitrogens with one attached hydrogen (secondary N) is 1. The Kier molecular flexibility index (Phi) is 3.60. The Morgan fingerprint density at radius 1 is 1.33 bits per heavy atom. The van der Waals surface area contributed by atoms with Crippen LogP contribution in [0.4, 0.5) is 5.69 Å². The van der Waals surface area contributed by atoms with E-state index in [2.05, 4.69) is 19.2 Å². The molecule has 3 heteroatoms. The second-order valence-electron chi connectivity index (χ2n) is 5.53. The average molecular weight is 246 g/mol. The zero-order chi connectivity index (χ0) is 13.3. The molecule has 1 amide bonds. The zero-order valence-electron chi connectivity index (χ0n) is 11.4. The highest BCUT2D eigenvalue weighted by Crippen LogP contribution is 2.31. The normalized spacial score (nSPS) is 27.2. The molecule has 0 aromatic heterocycles. The molecule has 1 aliphatic carbocycles. The van der Waals surface area contributed by atoms with Crippen LogP contribution in [-0.2, 0) is 0 Å². The van der Waals surface area contributed by atoms with Gasteiger partial charge in [0.05, 0.1) is 5.56 Å². The summed E-state index contributed by atoms with van der Waals surface area (Å²) in [5.74, 6) is 1.19. The van der Waals surface area contributed by atoms with Crippen molar-refractivity contribution in [3.05, 3.63) is 29.3 Å². The lowest BCUT2D eigenvalue weighted by atomic mass is 9.97. The maximum atomic E-state index is 12.2. The van der Waals surface area contributed by atoms with Crippen molar-refractivity contribution in [3.8, 4) is 0 Å². The summed E-state index contributed by atoms with van der Waals surface area (Å²) in [4.78, 5) is 12.2. The molecule has 3 nitrogen and oxygen atoms in total. The van der Waals surface area contributed by atoms with Crippen LogP contribution in [0.1, 0.15) is 42.6 Å². The van der Waals surface area contributed by atoms with Gasteiger partial charge in [0.1, 0.15) is 0 Å². The van der Waals surface area contributed by atoms with Crippen LogP contribution in [0.2, 0.25) is 0 Å². The third-order valence-corrected chi connectivity index (χ3v) is 4.35. The number of carbonyl (C=O) groups excluding carboxylic acids is 1. The summed E-state index contributed by atoms with van der Waals surface area (Å²) in [6.07, 6.45) is 2.26. The van der Waals surface area contributed by atoms with Gasteiger partial charge in [0.25, 0.3) is 5.91 Å². The van der Waals surface area contributed by atoms with Gasteiger partial charge in [-0.25, -0.2) is 0 Å². The molecular weight excluding hydrogens is 224 g/mol. The number of hydrogen-bond donors (Lipinski definition) is 2. The molecule has 0 saturated heterocycles. The smallest absolute Gasteiger partial charge is 0.253 e. The Balaban J connectivity index is 2.11.